The first-order valence-corrected chi connectivity index (χ1v) is 7.67. The van der Waals surface area contributed by atoms with E-state index in [1.54, 1.807) is 0 Å². The van der Waals surface area contributed by atoms with E-state index in [-0.39, 0.29) is 4.90 Å². The van der Waals surface area contributed by atoms with E-state index < -0.39 is 22.1 Å². The van der Waals surface area contributed by atoms with Crippen molar-refractivity contribution in [1.29, 1.82) is 0 Å². The normalized spacial score (nSPS) is 18.7. The summed E-state index contributed by atoms with van der Waals surface area (Å²) in [6, 6.07) is 4.44. The molecule has 9 heteroatoms. The lowest BCUT2D eigenvalue weighted by atomic mass is 10.3. The third kappa shape index (κ3) is 4.08. The van der Waals surface area contributed by atoms with Crippen LogP contribution in [0.5, 0.6) is 5.75 Å². The molecule has 0 amide bonds. The van der Waals surface area contributed by atoms with Gasteiger partial charge in [0.15, 0.2) is 0 Å². The minimum Gasteiger partial charge on any atom is -0.406 e. The van der Waals surface area contributed by atoms with Gasteiger partial charge < -0.3 is 9.64 Å². The summed E-state index contributed by atoms with van der Waals surface area (Å²) in [5.41, 5.74) is 0. The quantitative estimate of drug-likeness (QED) is 0.846. The van der Waals surface area contributed by atoms with E-state index in [4.69, 9.17) is 0 Å². The molecule has 0 atom stereocenters. The summed E-state index contributed by atoms with van der Waals surface area (Å²) in [5, 5.41) is 0. The van der Waals surface area contributed by atoms with Gasteiger partial charge in [-0.1, -0.05) is 6.07 Å². The number of rotatable bonds is 3. The number of nitrogens with zero attached hydrogens (tertiary/aromatic N) is 2. The number of sulfonamides is 1. The zero-order valence-electron chi connectivity index (χ0n) is 11.3. The molecular formula is C12H15F3N2O3S. The van der Waals surface area contributed by atoms with Crippen molar-refractivity contribution in [3.63, 3.8) is 0 Å². The molecule has 1 aromatic rings. The van der Waals surface area contributed by atoms with Gasteiger partial charge in [-0.2, -0.15) is 4.31 Å². The molecule has 0 bridgehead atoms. The van der Waals surface area contributed by atoms with E-state index in [0.717, 1.165) is 12.1 Å². The molecule has 1 saturated heterocycles. The molecule has 0 saturated carbocycles. The maximum Gasteiger partial charge on any atom is 0.573 e. The number of hydrogen-bond acceptors (Lipinski definition) is 4. The lowest BCUT2D eigenvalue weighted by Crippen LogP contribution is -2.47. The Bertz CT molecular complexity index is 596. The summed E-state index contributed by atoms with van der Waals surface area (Å²) >= 11 is 0. The molecule has 118 valence electrons. The van der Waals surface area contributed by atoms with E-state index in [2.05, 4.69) is 4.74 Å². The minimum absolute atomic E-state index is 0.200. The van der Waals surface area contributed by atoms with Crippen molar-refractivity contribution in [2.45, 2.75) is 11.3 Å². The number of halogens is 3. The Balaban J connectivity index is 2.22. The number of ether oxygens (including phenoxy) is 1. The van der Waals surface area contributed by atoms with Crippen molar-refractivity contribution in [3.05, 3.63) is 24.3 Å². The number of benzene rings is 1. The molecule has 0 spiro atoms. The first kappa shape index (κ1) is 16.1. The Hall–Kier alpha value is -1.32. The number of hydrogen-bond donors (Lipinski definition) is 0. The molecule has 0 N–H and O–H groups in total. The first-order valence-electron chi connectivity index (χ1n) is 6.23. The summed E-state index contributed by atoms with van der Waals surface area (Å²) < 4.78 is 66.3. The maximum atomic E-state index is 12.4. The van der Waals surface area contributed by atoms with Gasteiger partial charge in [-0.15, -0.1) is 13.2 Å². The van der Waals surface area contributed by atoms with Crippen molar-refractivity contribution >= 4 is 10.0 Å². The van der Waals surface area contributed by atoms with Crippen LogP contribution < -0.4 is 4.74 Å². The molecule has 0 radical (unpaired) electrons. The Labute approximate surface area is 121 Å². The van der Waals surface area contributed by atoms with Gasteiger partial charge in [0.1, 0.15) is 5.75 Å². The lowest BCUT2D eigenvalue weighted by molar-refractivity contribution is -0.274. The summed E-state index contributed by atoms with van der Waals surface area (Å²) in [6.07, 6.45) is -4.85. The van der Waals surface area contributed by atoms with Gasteiger partial charge in [0, 0.05) is 32.2 Å². The Morgan fingerprint density at radius 1 is 1.14 bits per heavy atom. The predicted molar refractivity (Wildman–Crippen MR) is 69.4 cm³/mol. The molecule has 0 aromatic heterocycles. The molecule has 0 unspecified atom stereocenters. The average Bonchev–Trinajstić information content (AvgIpc) is 2.37. The lowest BCUT2D eigenvalue weighted by Gasteiger charge is -2.31. The maximum absolute atomic E-state index is 12.4. The van der Waals surface area contributed by atoms with Crippen LogP contribution in [0, 0.1) is 0 Å². The van der Waals surface area contributed by atoms with E-state index in [1.807, 2.05) is 11.9 Å². The molecule has 1 fully saturated rings. The van der Waals surface area contributed by atoms with Crippen molar-refractivity contribution in [1.82, 2.24) is 9.21 Å². The second-order valence-corrected chi connectivity index (χ2v) is 6.67. The monoisotopic (exact) mass is 324 g/mol. The van der Waals surface area contributed by atoms with E-state index in [9.17, 15) is 21.6 Å². The van der Waals surface area contributed by atoms with E-state index in [0.29, 0.717) is 26.2 Å². The molecular weight excluding hydrogens is 309 g/mol. The van der Waals surface area contributed by atoms with Crippen LogP contribution in [0.4, 0.5) is 13.2 Å². The van der Waals surface area contributed by atoms with Gasteiger partial charge >= 0.3 is 6.36 Å². The highest BCUT2D eigenvalue weighted by Crippen LogP contribution is 2.26. The highest BCUT2D eigenvalue weighted by molar-refractivity contribution is 7.89. The van der Waals surface area contributed by atoms with Crippen molar-refractivity contribution in [2.24, 2.45) is 0 Å². The van der Waals surface area contributed by atoms with Gasteiger partial charge in [0.2, 0.25) is 10.0 Å². The summed E-state index contributed by atoms with van der Waals surface area (Å²) in [4.78, 5) is 1.78. The van der Waals surface area contributed by atoms with Crippen LogP contribution >= 0.6 is 0 Å². The fraction of sp³-hybridized carbons (Fsp3) is 0.500. The molecule has 1 aliphatic heterocycles. The Morgan fingerprint density at radius 3 is 2.33 bits per heavy atom. The number of alkyl halides is 3. The molecule has 5 nitrogen and oxygen atoms in total. The number of likely N-dealkylation sites (N-methyl/N-ethyl adjacent to an activating group) is 1. The smallest absolute Gasteiger partial charge is 0.406 e. The standard InChI is InChI=1S/C12H15F3N2O3S/c1-16-5-7-17(8-6-16)21(18,19)11-4-2-3-10(9-11)20-12(13,14)15/h2-4,9H,5-8H2,1H3. The van der Waals surface area contributed by atoms with Crippen molar-refractivity contribution < 1.29 is 26.3 Å². The van der Waals surface area contributed by atoms with E-state index >= 15 is 0 Å². The van der Waals surface area contributed by atoms with Crippen LogP contribution in [0.2, 0.25) is 0 Å². The Kier molecular flexibility index (Phi) is 4.45. The molecule has 1 aliphatic rings. The highest BCUT2D eigenvalue weighted by Gasteiger charge is 2.32. The van der Waals surface area contributed by atoms with Gasteiger partial charge in [0.25, 0.3) is 0 Å². The van der Waals surface area contributed by atoms with Crippen LogP contribution in [-0.4, -0.2) is 57.2 Å². The van der Waals surface area contributed by atoms with Gasteiger partial charge in [-0.3, -0.25) is 0 Å². The van der Waals surface area contributed by atoms with Crippen LogP contribution in [-0.2, 0) is 10.0 Å². The van der Waals surface area contributed by atoms with Crippen LogP contribution in [0.15, 0.2) is 29.2 Å². The van der Waals surface area contributed by atoms with Gasteiger partial charge in [0.05, 0.1) is 4.90 Å². The second kappa shape index (κ2) is 5.82. The molecule has 0 aliphatic carbocycles. The molecule has 1 heterocycles. The highest BCUT2D eigenvalue weighted by atomic mass is 32.2. The summed E-state index contributed by atoms with van der Waals surface area (Å²) in [6.45, 7) is 1.78. The third-order valence-electron chi connectivity index (χ3n) is 3.14. The van der Waals surface area contributed by atoms with Crippen molar-refractivity contribution in [2.75, 3.05) is 33.2 Å². The SMILES string of the molecule is CN1CCN(S(=O)(=O)c2cccc(OC(F)(F)F)c2)CC1. The average molecular weight is 324 g/mol. The second-order valence-electron chi connectivity index (χ2n) is 4.73. The topological polar surface area (TPSA) is 49.9 Å². The van der Waals surface area contributed by atoms with Gasteiger partial charge in [-0.05, 0) is 19.2 Å². The number of piperazine rings is 1. The largest absolute Gasteiger partial charge is 0.573 e. The van der Waals surface area contributed by atoms with Gasteiger partial charge in [-0.25, -0.2) is 8.42 Å². The molecule has 2 rings (SSSR count). The van der Waals surface area contributed by atoms with Crippen LogP contribution in [0.3, 0.4) is 0 Å². The minimum atomic E-state index is -4.85. The molecule has 1 aromatic carbocycles. The van der Waals surface area contributed by atoms with Crippen molar-refractivity contribution in [3.8, 4) is 5.75 Å². The predicted octanol–water partition coefficient (Wildman–Crippen LogP) is 1.52. The zero-order chi connectivity index (χ0) is 15.7. The summed E-state index contributed by atoms with van der Waals surface area (Å²) in [5.74, 6) is -0.544. The fourth-order valence-electron chi connectivity index (χ4n) is 2.01. The first-order chi connectivity index (χ1) is 9.68. The zero-order valence-corrected chi connectivity index (χ0v) is 12.1. The fourth-order valence-corrected chi connectivity index (χ4v) is 3.47. The molecule has 21 heavy (non-hydrogen) atoms. The summed E-state index contributed by atoms with van der Waals surface area (Å²) in [7, 11) is -1.93. The van der Waals surface area contributed by atoms with Crippen LogP contribution in [0.25, 0.3) is 0 Å². The van der Waals surface area contributed by atoms with Crippen LogP contribution in [0.1, 0.15) is 0 Å². The van der Waals surface area contributed by atoms with E-state index in [1.165, 1.54) is 16.4 Å². The third-order valence-corrected chi connectivity index (χ3v) is 5.03. The Morgan fingerprint density at radius 2 is 1.76 bits per heavy atom.